The van der Waals surface area contributed by atoms with Gasteiger partial charge in [-0.15, -0.1) is 0 Å². The number of aliphatic hydroxyl groups is 2. The summed E-state index contributed by atoms with van der Waals surface area (Å²) in [6.45, 7) is 4.91. The van der Waals surface area contributed by atoms with Crippen LogP contribution in [0.2, 0.25) is 0 Å². The number of amides is 1. The molecule has 0 aromatic carbocycles. The zero-order chi connectivity index (χ0) is 54.3. The highest BCUT2D eigenvalue weighted by molar-refractivity contribution is 5.76. The highest BCUT2D eigenvalue weighted by Gasteiger charge is 2.20. The Labute approximate surface area is 467 Å². The summed E-state index contributed by atoms with van der Waals surface area (Å²) in [4.78, 5) is 24.6. The number of nitrogens with one attached hydrogen (secondary N) is 1. The Balaban J connectivity index is 3.47. The minimum absolute atomic E-state index is 0.0168. The molecule has 0 saturated carbocycles. The fourth-order valence-corrected chi connectivity index (χ4v) is 10.3. The van der Waals surface area contributed by atoms with Gasteiger partial charge in [0.25, 0.3) is 0 Å². The van der Waals surface area contributed by atoms with Crippen LogP contribution in [0.4, 0.5) is 0 Å². The zero-order valence-electron chi connectivity index (χ0n) is 50.3. The van der Waals surface area contributed by atoms with E-state index in [4.69, 9.17) is 4.74 Å². The lowest BCUT2D eigenvalue weighted by atomic mass is 10.0. The molecule has 0 aromatic rings. The number of ether oxygens (including phenoxy) is 1. The Morgan fingerprint density at radius 1 is 0.387 bits per heavy atom. The van der Waals surface area contributed by atoms with Gasteiger partial charge in [0.15, 0.2) is 0 Å². The highest BCUT2D eigenvalue weighted by atomic mass is 16.5. The van der Waals surface area contributed by atoms with Crippen LogP contribution in [-0.2, 0) is 14.3 Å². The summed E-state index contributed by atoms with van der Waals surface area (Å²) in [5, 5.41) is 23.4. The Morgan fingerprint density at radius 2 is 0.707 bits per heavy atom. The average Bonchev–Trinajstić information content (AvgIpc) is 3.41. The van der Waals surface area contributed by atoms with Crippen molar-refractivity contribution in [2.45, 2.75) is 366 Å². The number of esters is 1. The molecule has 2 unspecified atom stereocenters. The van der Waals surface area contributed by atoms with E-state index in [0.29, 0.717) is 25.9 Å². The quantitative estimate of drug-likeness (QED) is 0.0244. The van der Waals surface area contributed by atoms with Crippen molar-refractivity contribution in [1.29, 1.82) is 0 Å². The summed E-state index contributed by atoms with van der Waals surface area (Å²) in [5.74, 6) is -0.0592. The summed E-state index contributed by atoms with van der Waals surface area (Å²) in [7, 11) is 0. The van der Waals surface area contributed by atoms with Gasteiger partial charge in [0.2, 0.25) is 5.91 Å². The van der Waals surface area contributed by atoms with E-state index < -0.39 is 12.1 Å². The van der Waals surface area contributed by atoms with Gasteiger partial charge < -0.3 is 20.3 Å². The van der Waals surface area contributed by atoms with Crippen LogP contribution in [0.5, 0.6) is 0 Å². The number of rotatable bonds is 62. The maximum Gasteiger partial charge on any atom is 0.305 e. The summed E-state index contributed by atoms with van der Waals surface area (Å²) < 4.78 is 5.47. The number of unbranched alkanes of at least 4 members (excludes halogenated alkanes) is 44. The van der Waals surface area contributed by atoms with Crippen LogP contribution < -0.4 is 5.32 Å². The van der Waals surface area contributed by atoms with E-state index in [1.165, 1.54) is 244 Å². The van der Waals surface area contributed by atoms with Crippen molar-refractivity contribution in [3.8, 4) is 0 Å². The normalized spacial score (nSPS) is 12.9. The molecule has 0 aromatic heterocycles. The van der Waals surface area contributed by atoms with E-state index in [-0.39, 0.29) is 18.5 Å². The first kappa shape index (κ1) is 72.8. The number of carbonyl (C=O) groups excluding carboxylic acids is 2. The van der Waals surface area contributed by atoms with Gasteiger partial charge >= 0.3 is 5.97 Å². The molecule has 75 heavy (non-hydrogen) atoms. The lowest BCUT2D eigenvalue weighted by Crippen LogP contribution is -2.45. The number of carbonyl (C=O) groups is 2. The van der Waals surface area contributed by atoms with Crippen molar-refractivity contribution >= 4 is 11.9 Å². The van der Waals surface area contributed by atoms with Gasteiger partial charge in [0.05, 0.1) is 25.4 Å². The minimum Gasteiger partial charge on any atom is -0.466 e. The maximum absolute atomic E-state index is 12.5. The van der Waals surface area contributed by atoms with Crippen molar-refractivity contribution in [1.82, 2.24) is 5.32 Å². The minimum atomic E-state index is -0.673. The van der Waals surface area contributed by atoms with Crippen LogP contribution in [0, 0.1) is 0 Å². The SMILES string of the molecule is CCCCC/C=C\C/C=C\CCCCCCCCCCCC(=O)OCCCCC/C=C\C=C/CCCCCCCCCCCCC(=O)NC(CO)C(O)CCCCCCCCCCCCCCCCCCCCCC. The number of hydrogen-bond donors (Lipinski definition) is 3. The van der Waals surface area contributed by atoms with Crippen molar-refractivity contribution in [3.63, 3.8) is 0 Å². The first-order valence-electron chi connectivity index (χ1n) is 33.4. The molecule has 6 heteroatoms. The molecule has 1 amide bonds. The average molecular weight is 1050 g/mol. The summed E-state index contributed by atoms with van der Waals surface area (Å²) in [6.07, 6.45) is 82.7. The van der Waals surface area contributed by atoms with Crippen LogP contribution in [-0.4, -0.2) is 47.4 Å². The zero-order valence-corrected chi connectivity index (χ0v) is 50.3. The predicted octanol–water partition coefficient (Wildman–Crippen LogP) is 21.3. The second-order valence-electron chi connectivity index (χ2n) is 22.8. The molecule has 0 saturated heterocycles. The third-order valence-electron chi connectivity index (χ3n) is 15.4. The molecular weight excluding hydrogens is 923 g/mol. The van der Waals surface area contributed by atoms with Crippen LogP contribution in [0.15, 0.2) is 48.6 Å². The van der Waals surface area contributed by atoms with Gasteiger partial charge in [0, 0.05) is 12.8 Å². The van der Waals surface area contributed by atoms with E-state index in [0.717, 1.165) is 77.0 Å². The summed E-state index contributed by atoms with van der Waals surface area (Å²) in [5.41, 5.74) is 0. The van der Waals surface area contributed by atoms with Crippen molar-refractivity contribution in [3.05, 3.63) is 48.6 Å². The third kappa shape index (κ3) is 60.9. The Hall–Kier alpha value is -2.18. The van der Waals surface area contributed by atoms with E-state index in [9.17, 15) is 19.8 Å². The highest BCUT2D eigenvalue weighted by Crippen LogP contribution is 2.18. The predicted molar refractivity (Wildman–Crippen MR) is 329 cm³/mol. The molecule has 0 radical (unpaired) electrons. The van der Waals surface area contributed by atoms with Gasteiger partial charge in [0.1, 0.15) is 0 Å². The lowest BCUT2D eigenvalue weighted by molar-refractivity contribution is -0.143. The van der Waals surface area contributed by atoms with Gasteiger partial charge in [-0.05, 0) is 89.9 Å². The van der Waals surface area contributed by atoms with E-state index in [1.807, 2.05) is 0 Å². The summed E-state index contributed by atoms with van der Waals surface area (Å²) >= 11 is 0. The Morgan fingerprint density at radius 3 is 1.12 bits per heavy atom. The van der Waals surface area contributed by atoms with Crippen LogP contribution in [0.1, 0.15) is 354 Å². The van der Waals surface area contributed by atoms with Gasteiger partial charge in [-0.1, -0.05) is 300 Å². The molecule has 0 bridgehead atoms. The van der Waals surface area contributed by atoms with Gasteiger partial charge in [-0.2, -0.15) is 0 Å². The second-order valence-corrected chi connectivity index (χ2v) is 22.8. The first-order valence-corrected chi connectivity index (χ1v) is 33.4. The smallest absolute Gasteiger partial charge is 0.305 e. The van der Waals surface area contributed by atoms with E-state index >= 15 is 0 Å². The molecular formula is C69H129NO5. The molecule has 0 aliphatic rings. The maximum atomic E-state index is 12.5. The van der Waals surface area contributed by atoms with E-state index in [2.05, 4.69) is 67.8 Å². The van der Waals surface area contributed by atoms with E-state index in [1.54, 1.807) is 0 Å². The number of allylic oxidation sites excluding steroid dienone is 8. The number of hydrogen-bond acceptors (Lipinski definition) is 5. The number of aliphatic hydroxyl groups excluding tert-OH is 2. The topological polar surface area (TPSA) is 95.9 Å². The van der Waals surface area contributed by atoms with Crippen molar-refractivity contribution in [2.75, 3.05) is 13.2 Å². The van der Waals surface area contributed by atoms with Crippen molar-refractivity contribution in [2.24, 2.45) is 0 Å². The summed E-state index contributed by atoms with van der Waals surface area (Å²) in [6, 6.07) is -0.551. The Kier molecular flexibility index (Phi) is 62.5. The molecule has 6 nitrogen and oxygen atoms in total. The van der Waals surface area contributed by atoms with Crippen LogP contribution >= 0.6 is 0 Å². The molecule has 0 fully saturated rings. The molecule has 2 atom stereocenters. The Bertz CT molecular complexity index is 1260. The van der Waals surface area contributed by atoms with Gasteiger partial charge in [-0.3, -0.25) is 9.59 Å². The first-order chi connectivity index (χ1) is 37.0. The molecule has 0 aliphatic carbocycles. The monoisotopic (exact) mass is 1050 g/mol. The standard InChI is InChI=1S/C69H129NO5/c1-3-5-7-9-11-13-15-17-19-21-23-26-29-33-37-41-45-49-53-57-61-67(72)66(65-71)70-68(73)62-58-54-50-46-42-38-34-30-27-24-28-32-36-40-44-48-52-56-60-64-75-69(74)63-59-55-51-47-43-39-35-31-25-22-20-18-16-14-12-10-8-6-4-2/h12,14,18,20,32,36,40,44,66-67,71-72H,3-11,13,15-17,19,21-31,33-35,37-39,41-43,45-65H2,1-2H3,(H,70,73)/b14-12-,20-18-,36-32-,44-40-. The molecule has 440 valence electrons. The van der Waals surface area contributed by atoms with Crippen LogP contribution in [0.25, 0.3) is 0 Å². The van der Waals surface area contributed by atoms with Crippen molar-refractivity contribution < 1.29 is 24.5 Å². The molecule has 3 N–H and O–H groups in total. The molecule has 0 rings (SSSR count). The lowest BCUT2D eigenvalue weighted by Gasteiger charge is -2.22. The molecule has 0 aliphatic heterocycles. The molecule has 0 heterocycles. The fraction of sp³-hybridized carbons (Fsp3) is 0.855. The third-order valence-corrected chi connectivity index (χ3v) is 15.4. The fourth-order valence-electron chi connectivity index (χ4n) is 10.3. The van der Waals surface area contributed by atoms with Gasteiger partial charge in [-0.25, -0.2) is 0 Å². The van der Waals surface area contributed by atoms with Crippen LogP contribution in [0.3, 0.4) is 0 Å². The second kappa shape index (κ2) is 64.3. The largest absolute Gasteiger partial charge is 0.466 e. The molecule has 0 spiro atoms.